The zero-order chi connectivity index (χ0) is 15.2. The summed E-state index contributed by atoms with van der Waals surface area (Å²) >= 11 is 12.1. The molecular formula is C16H24Cl2N2O. The Morgan fingerprint density at radius 3 is 2.86 bits per heavy atom. The van der Waals surface area contributed by atoms with Crippen LogP contribution in [-0.2, 0) is 6.54 Å². The van der Waals surface area contributed by atoms with Crippen molar-refractivity contribution in [2.24, 2.45) is 5.92 Å². The first-order valence-corrected chi connectivity index (χ1v) is 8.45. The molecule has 1 aromatic rings. The Morgan fingerprint density at radius 1 is 1.38 bits per heavy atom. The van der Waals surface area contributed by atoms with Crippen LogP contribution < -0.4 is 5.32 Å². The predicted molar refractivity (Wildman–Crippen MR) is 89.3 cm³/mol. The summed E-state index contributed by atoms with van der Waals surface area (Å²) in [5.74, 6) is 0.839. The van der Waals surface area contributed by atoms with Crippen molar-refractivity contribution in [1.82, 2.24) is 10.2 Å². The Hall–Kier alpha value is -0.480. The third kappa shape index (κ3) is 5.03. The molecule has 0 radical (unpaired) electrons. The molecule has 0 spiro atoms. The Kier molecular flexibility index (Phi) is 6.62. The van der Waals surface area contributed by atoms with Gasteiger partial charge in [0.15, 0.2) is 0 Å². The van der Waals surface area contributed by atoms with Gasteiger partial charge in [0.05, 0.1) is 5.02 Å². The van der Waals surface area contributed by atoms with Crippen molar-refractivity contribution in [1.29, 1.82) is 0 Å². The van der Waals surface area contributed by atoms with E-state index in [1.807, 2.05) is 6.07 Å². The molecule has 1 unspecified atom stereocenters. The smallest absolute Gasteiger partial charge is 0.138 e. The lowest BCUT2D eigenvalue weighted by Gasteiger charge is -2.30. The SMILES string of the molecule is CCCN(Cc1cc(Cl)cc(Cl)c1O)CC1CCCNC1. The maximum Gasteiger partial charge on any atom is 0.138 e. The first kappa shape index (κ1) is 16.9. The molecule has 0 bridgehead atoms. The summed E-state index contributed by atoms with van der Waals surface area (Å²) in [6.07, 6.45) is 3.61. The molecule has 3 nitrogen and oxygen atoms in total. The number of phenols is 1. The molecule has 1 aromatic carbocycles. The van der Waals surface area contributed by atoms with Gasteiger partial charge in [-0.1, -0.05) is 30.1 Å². The van der Waals surface area contributed by atoms with Crippen molar-refractivity contribution in [3.05, 3.63) is 27.7 Å². The molecule has 118 valence electrons. The van der Waals surface area contributed by atoms with Gasteiger partial charge in [0.25, 0.3) is 0 Å². The van der Waals surface area contributed by atoms with Gasteiger partial charge >= 0.3 is 0 Å². The number of hydrogen-bond acceptors (Lipinski definition) is 3. The summed E-state index contributed by atoms with van der Waals surface area (Å²) in [6.45, 7) is 7.15. The molecular weight excluding hydrogens is 307 g/mol. The van der Waals surface area contributed by atoms with E-state index >= 15 is 0 Å². The van der Waals surface area contributed by atoms with Crippen LogP contribution in [-0.4, -0.2) is 36.2 Å². The summed E-state index contributed by atoms with van der Waals surface area (Å²) in [5, 5.41) is 14.5. The van der Waals surface area contributed by atoms with Gasteiger partial charge in [-0.15, -0.1) is 0 Å². The molecule has 2 N–H and O–H groups in total. The van der Waals surface area contributed by atoms with Crippen LogP contribution in [0, 0.1) is 5.92 Å². The number of rotatable bonds is 6. The maximum absolute atomic E-state index is 10.1. The van der Waals surface area contributed by atoms with E-state index in [-0.39, 0.29) is 5.75 Å². The minimum absolute atomic E-state index is 0.156. The summed E-state index contributed by atoms with van der Waals surface area (Å²) in [7, 11) is 0. The Balaban J connectivity index is 2.04. The Morgan fingerprint density at radius 2 is 2.19 bits per heavy atom. The first-order valence-electron chi connectivity index (χ1n) is 7.70. The highest BCUT2D eigenvalue weighted by Gasteiger charge is 2.18. The van der Waals surface area contributed by atoms with Crippen LogP contribution in [0.1, 0.15) is 31.7 Å². The van der Waals surface area contributed by atoms with Crippen molar-refractivity contribution >= 4 is 23.2 Å². The van der Waals surface area contributed by atoms with Crippen LogP contribution >= 0.6 is 23.2 Å². The van der Waals surface area contributed by atoms with E-state index in [2.05, 4.69) is 17.1 Å². The van der Waals surface area contributed by atoms with E-state index in [1.165, 1.54) is 12.8 Å². The van der Waals surface area contributed by atoms with E-state index in [0.717, 1.165) is 38.2 Å². The first-order chi connectivity index (χ1) is 10.1. The average molecular weight is 331 g/mol. The lowest BCUT2D eigenvalue weighted by atomic mass is 9.98. The third-order valence-corrected chi connectivity index (χ3v) is 4.46. The number of aromatic hydroxyl groups is 1. The molecule has 1 heterocycles. The number of hydrogen-bond donors (Lipinski definition) is 2. The lowest BCUT2D eigenvalue weighted by Crippen LogP contribution is -2.38. The molecule has 1 fully saturated rings. The molecule has 1 aliphatic heterocycles. The van der Waals surface area contributed by atoms with Crippen molar-refractivity contribution < 1.29 is 5.11 Å². The highest BCUT2D eigenvalue weighted by molar-refractivity contribution is 6.35. The van der Waals surface area contributed by atoms with Crippen molar-refractivity contribution in [3.63, 3.8) is 0 Å². The normalized spacial score (nSPS) is 19.1. The van der Waals surface area contributed by atoms with Crippen LogP contribution in [0.5, 0.6) is 5.75 Å². The molecule has 5 heteroatoms. The minimum Gasteiger partial charge on any atom is -0.506 e. The van der Waals surface area contributed by atoms with Gasteiger partial charge in [-0.05, 0) is 56.9 Å². The number of benzene rings is 1. The van der Waals surface area contributed by atoms with Gasteiger partial charge in [0.2, 0.25) is 0 Å². The largest absolute Gasteiger partial charge is 0.506 e. The third-order valence-electron chi connectivity index (χ3n) is 3.96. The summed E-state index contributed by atoms with van der Waals surface area (Å²) in [4.78, 5) is 2.39. The highest BCUT2D eigenvalue weighted by atomic mass is 35.5. The molecule has 2 rings (SSSR count). The van der Waals surface area contributed by atoms with Crippen LogP contribution in [0.25, 0.3) is 0 Å². The summed E-state index contributed by atoms with van der Waals surface area (Å²) in [5.41, 5.74) is 0.810. The van der Waals surface area contributed by atoms with E-state index in [4.69, 9.17) is 23.2 Å². The zero-order valence-corrected chi connectivity index (χ0v) is 14.1. The quantitative estimate of drug-likeness (QED) is 0.830. The lowest BCUT2D eigenvalue weighted by molar-refractivity contribution is 0.199. The highest BCUT2D eigenvalue weighted by Crippen LogP contribution is 2.32. The van der Waals surface area contributed by atoms with Gasteiger partial charge in [-0.25, -0.2) is 0 Å². The molecule has 0 aromatic heterocycles. The number of nitrogens with zero attached hydrogens (tertiary/aromatic N) is 1. The predicted octanol–water partition coefficient (Wildman–Crippen LogP) is 3.91. The van der Waals surface area contributed by atoms with Crippen molar-refractivity contribution in [2.45, 2.75) is 32.7 Å². The van der Waals surface area contributed by atoms with E-state index in [1.54, 1.807) is 6.07 Å². The van der Waals surface area contributed by atoms with Crippen LogP contribution in [0.4, 0.5) is 0 Å². The van der Waals surface area contributed by atoms with Crippen LogP contribution in [0.3, 0.4) is 0 Å². The fraction of sp³-hybridized carbons (Fsp3) is 0.625. The second-order valence-corrected chi connectivity index (χ2v) is 6.69. The average Bonchev–Trinajstić information content (AvgIpc) is 2.45. The summed E-state index contributed by atoms with van der Waals surface area (Å²) in [6, 6.07) is 3.39. The number of nitrogens with one attached hydrogen (secondary N) is 1. The monoisotopic (exact) mass is 330 g/mol. The topological polar surface area (TPSA) is 35.5 Å². The second kappa shape index (κ2) is 8.23. The summed E-state index contributed by atoms with van der Waals surface area (Å²) < 4.78 is 0. The Labute approximate surface area is 137 Å². The van der Waals surface area contributed by atoms with Gasteiger partial charge in [0.1, 0.15) is 5.75 Å². The van der Waals surface area contributed by atoms with Crippen molar-refractivity contribution in [2.75, 3.05) is 26.2 Å². The van der Waals surface area contributed by atoms with E-state index < -0.39 is 0 Å². The minimum atomic E-state index is 0.156. The number of phenolic OH excluding ortho intramolecular Hbond substituents is 1. The fourth-order valence-electron chi connectivity index (χ4n) is 2.98. The van der Waals surface area contributed by atoms with Crippen molar-refractivity contribution in [3.8, 4) is 5.75 Å². The second-order valence-electron chi connectivity index (χ2n) is 5.84. The van der Waals surface area contributed by atoms with Gasteiger partial charge in [-0.3, -0.25) is 4.90 Å². The van der Waals surface area contributed by atoms with Gasteiger partial charge in [-0.2, -0.15) is 0 Å². The number of halogens is 2. The van der Waals surface area contributed by atoms with Gasteiger partial charge in [0, 0.05) is 23.7 Å². The maximum atomic E-state index is 10.1. The molecule has 0 saturated carbocycles. The van der Waals surface area contributed by atoms with Gasteiger partial charge < -0.3 is 10.4 Å². The molecule has 1 saturated heterocycles. The van der Waals surface area contributed by atoms with E-state index in [0.29, 0.717) is 22.5 Å². The standard InChI is InChI=1S/C16H24Cl2N2O/c1-2-6-20(10-12-4-3-5-19-9-12)11-13-7-14(17)8-15(18)16(13)21/h7-8,12,19,21H,2-6,9-11H2,1H3. The number of piperidine rings is 1. The zero-order valence-electron chi connectivity index (χ0n) is 12.5. The molecule has 1 atom stereocenters. The fourth-order valence-corrected chi connectivity index (χ4v) is 3.51. The molecule has 1 aliphatic rings. The molecule has 0 aliphatic carbocycles. The Bertz CT molecular complexity index is 462. The van der Waals surface area contributed by atoms with E-state index in [9.17, 15) is 5.11 Å². The molecule has 21 heavy (non-hydrogen) atoms. The molecule has 0 amide bonds. The van der Waals surface area contributed by atoms with Crippen LogP contribution in [0.15, 0.2) is 12.1 Å². The van der Waals surface area contributed by atoms with Crippen LogP contribution in [0.2, 0.25) is 10.0 Å².